The number of carbonyl (C=O) groups excluding carboxylic acids is 1. The fourth-order valence-electron chi connectivity index (χ4n) is 3.39. The summed E-state index contributed by atoms with van der Waals surface area (Å²) in [6.07, 6.45) is 1.32. The van der Waals surface area contributed by atoms with Gasteiger partial charge in [-0.3, -0.25) is 9.69 Å². The van der Waals surface area contributed by atoms with Gasteiger partial charge < -0.3 is 9.64 Å². The van der Waals surface area contributed by atoms with Crippen LogP contribution in [0.15, 0.2) is 16.8 Å². The second-order valence-corrected chi connectivity index (χ2v) is 7.07. The van der Waals surface area contributed by atoms with Gasteiger partial charge in [0.1, 0.15) is 0 Å². The van der Waals surface area contributed by atoms with Gasteiger partial charge in [-0.2, -0.15) is 11.3 Å². The molecule has 1 amide bonds. The maximum Gasteiger partial charge on any atom is 0.236 e. The lowest BCUT2D eigenvalue weighted by Gasteiger charge is -2.33. The molecule has 5 heteroatoms. The summed E-state index contributed by atoms with van der Waals surface area (Å²) >= 11 is 1.76. The molecule has 3 rings (SSSR count). The molecule has 21 heavy (non-hydrogen) atoms. The summed E-state index contributed by atoms with van der Waals surface area (Å²) in [6.45, 7) is 7.96. The predicted molar refractivity (Wildman–Crippen MR) is 84.7 cm³/mol. The molecular weight excluding hydrogens is 284 g/mol. The topological polar surface area (TPSA) is 32.8 Å². The number of morpholine rings is 1. The van der Waals surface area contributed by atoms with Crippen molar-refractivity contribution in [3.63, 3.8) is 0 Å². The smallest absolute Gasteiger partial charge is 0.236 e. The molecule has 1 aromatic heterocycles. The minimum atomic E-state index is 0.164. The molecule has 0 radical (unpaired) electrons. The van der Waals surface area contributed by atoms with Crippen molar-refractivity contribution in [2.45, 2.75) is 38.3 Å². The first kappa shape index (κ1) is 15.0. The largest absolute Gasteiger partial charge is 0.375 e. The van der Waals surface area contributed by atoms with E-state index in [0.29, 0.717) is 25.1 Å². The Labute approximate surface area is 130 Å². The zero-order valence-corrected chi connectivity index (χ0v) is 13.6. The van der Waals surface area contributed by atoms with Crippen molar-refractivity contribution in [3.05, 3.63) is 22.4 Å². The molecule has 0 bridgehead atoms. The summed E-state index contributed by atoms with van der Waals surface area (Å²) in [6, 6.07) is 2.70. The Hall–Kier alpha value is -0.910. The number of ether oxygens (including phenoxy) is 1. The molecule has 2 fully saturated rings. The normalized spacial score (nSPS) is 30.8. The van der Waals surface area contributed by atoms with Gasteiger partial charge in [0.15, 0.2) is 0 Å². The lowest BCUT2D eigenvalue weighted by atomic mass is 10.00. The van der Waals surface area contributed by atoms with E-state index in [4.69, 9.17) is 4.74 Å². The van der Waals surface area contributed by atoms with Crippen molar-refractivity contribution in [1.82, 2.24) is 9.80 Å². The van der Waals surface area contributed by atoms with Crippen LogP contribution in [-0.4, -0.2) is 60.6 Å². The Bertz CT molecular complexity index is 477. The molecule has 0 N–H and O–H groups in total. The van der Waals surface area contributed by atoms with Crippen molar-refractivity contribution >= 4 is 17.2 Å². The standard InChI is InChI=1S/C16H24N2O2S/c1-12-7-15(14-3-6-21-11-14)9-18(12)10-16(19)17-4-5-20-13(2)8-17/h3,6,11-13,15H,4-5,7-10H2,1-2H3/t12-,13+,15+/m0/s1. The number of nitrogens with zero attached hydrogens (tertiary/aromatic N) is 2. The first-order valence-electron chi connectivity index (χ1n) is 7.79. The highest BCUT2D eigenvalue weighted by Crippen LogP contribution is 2.32. The lowest BCUT2D eigenvalue weighted by molar-refractivity contribution is -0.139. The quantitative estimate of drug-likeness (QED) is 0.858. The average molecular weight is 308 g/mol. The van der Waals surface area contributed by atoms with E-state index in [0.717, 1.165) is 26.1 Å². The van der Waals surface area contributed by atoms with E-state index in [2.05, 4.69) is 28.7 Å². The third-order valence-electron chi connectivity index (χ3n) is 4.65. The number of amides is 1. The van der Waals surface area contributed by atoms with Crippen LogP contribution in [0.3, 0.4) is 0 Å². The highest BCUT2D eigenvalue weighted by Gasteiger charge is 2.32. The van der Waals surface area contributed by atoms with E-state index in [-0.39, 0.29) is 12.0 Å². The maximum absolute atomic E-state index is 12.5. The van der Waals surface area contributed by atoms with E-state index >= 15 is 0 Å². The third-order valence-corrected chi connectivity index (χ3v) is 5.35. The Balaban J connectivity index is 1.56. The average Bonchev–Trinajstić information content (AvgIpc) is 3.09. The van der Waals surface area contributed by atoms with E-state index in [1.165, 1.54) is 5.56 Å². The SMILES string of the molecule is C[C@@H]1CN(C(=O)CN2C[C@H](c3ccsc3)C[C@@H]2C)CCO1. The molecule has 2 aliphatic heterocycles. The van der Waals surface area contributed by atoms with Crippen LogP contribution in [0.2, 0.25) is 0 Å². The zero-order chi connectivity index (χ0) is 14.8. The number of hydrogen-bond donors (Lipinski definition) is 0. The van der Waals surface area contributed by atoms with Crippen molar-refractivity contribution < 1.29 is 9.53 Å². The summed E-state index contributed by atoms with van der Waals surface area (Å²) in [4.78, 5) is 16.8. The fourth-order valence-corrected chi connectivity index (χ4v) is 4.13. The highest BCUT2D eigenvalue weighted by atomic mass is 32.1. The summed E-state index contributed by atoms with van der Waals surface area (Å²) in [7, 11) is 0. The van der Waals surface area contributed by atoms with E-state index in [9.17, 15) is 4.79 Å². The first-order chi connectivity index (χ1) is 10.1. The number of thiophene rings is 1. The van der Waals surface area contributed by atoms with Crippen LogP contribution < -0.4 is 0 Å². The number of likely N-dealkylation sites (tertiary alicyclic amines) is 1. The first-order valence-corrected chi connectivity index (χ1v) is 8.73. The molecule has 0 unspecified atom stereocenters. The van der Waals surface area contributed by atoms with Gasteiger partial charge >= 0.3 is 0 Å². The lowest BCUT2D eigenvalue weighted by Crippen LogP contribution is -2.48. The zero-order valence-electron chi connectivity index (χ0n) is 12.8. The Morgan fingerprint density at radius 2 is 2.29 bits per heavy atom. The van der Waals surface area contributed by atoms with Gasteiger partial charge in [0, 0.05) is 25.7 Å². The van der Waals surface area contributed by atoms with Gasteiger partial charge in [0.05, 0.1) is 19.3 Å². The van der Waals surface area contributed by atoms with Crippen LogP contribution in [0.25, 0.3) is 0 Å². The van der Waals surface area contributed by atoms with Crippen molar-refractivity contribution in [1.29, 1.82) is 0 Å². The summed E-state index contributed by atoms with van der Waals surface area (Å²) in [5.74, 6) is 0.839. The van der Waals surface area contributed by atoms with Gasteiger partial charge in [-0.25, -0.2) is 0 Å². The molecule has 2 aliphatic rings. The van der Waals surface area contributed by atoms with Crippen LogP contribution in [0, 0.1) is 0 Å². The minimum absolute atomic E-state index is 0.164. The van der Waals surface area contributed by atoms with Crippen LogP contribution >= 0.6 is 11.3 Å². The molecule has 2 saturated heterocycles. The van der Waals surface area contributed by atoms with Crippen LogP contribution in [0.1, 0.15) is 31.7 Å². The van der Waals surface area contributed by atoms with Gasteiger partial charge in [-0.15, -0.1) is 0 Å². The second-order valence-electron chi connectivity index (χ2n) is 6.29. The van der Waals surface area contributed by atoms with Crippen molar-refractivity contribution in [2.24, 2.45) is 0 Å². The molecular formula is C16H24N2O2S. The summed E-state index contributed by atoms with van der Waals surface area (Å²) in [5, 5.41) is 4.38. The number of rotatable bonds is 3. The molecule has 3 heterocycles. The fraction of sp³-hybridized carbons (Fsp3) is 0.688. The maximum atomic E-state index is 12.5. The molecule has 0 spiro atoms. The van der Waals surface area contributed by atoms with Crippen molar-refractivity contribution in [3.8, 4) is 0 Å². The molecule has 4 nitrogen and oxygen atoms in total. The van der Waals surface area contributed by atoms with Crippen LogP contribution in [-0.2, 0) is 9.53 Å². The molecule has 116 valence electrons. The molecule has 0 saturated carbocycles. The van der Waals surface area contributed by atoms with E-state index in [1.54, 1.807) is 11.3 Å². The monoisotopic (exact) mass is 308 g/mol. The molecule has 1 aromatic rings. The van der Waals surface area contributed by atoms with Gasteiger partial charge in [-0.05, 0) is 48.6 Å². The van der Waals surface area contributed by atoms with Crippen molar-refractivity contribution in [2.75, 3.05) is 32.8 Å². The highest BCUT2D eigenvalue weighted by molar-refractivity contribution is 7.07. The number of carbonyl (C=O) groups is 1. The second kappa shape index (κ2) is 6.46. The van der Waals surface area contributed by atoms with Gasteiger partial charge in [0.25, 0.3) is 0 Å². The van der Waals surface area contributed by atoms with Crippen LogP contribution in [0.4, 0.5) is 0 Å². The van der Waals surface area contributed by atoms with Crippen LogP contribution in [0.5, 0.6) is 0 Å². The Kier molecular flexibility index (Phi) is 4.62. The number of hydrogen-bond acceptors (Lipinski definition) is 4. The Morgan fingerprint density at radius 1 is 1.43 bits per heavy atom. The third kappa shape index (κ3) is 3.47. The molecule has 3 atom stereocenters. The summed E-state index contributed by atoms with van der Waals surface area (Å²) < 4.78 is 5.51. The molecule has 0 aliphatic carbocycles. The predicted octanol–water partition coefficient (Wildman–Crippen LogP) is 2.17. The van der Waals surface area contributed by atoms with Gasteiger partial charge in [0.2, 0.25) is 5.91 Å². The van der Waals surface area contributed by atoms with E-state index in [1.807, 2.05) is 11.8 Å². The summed E-state index contributed by atoms with van der Waals surface area (Å²) in [5.41, 5.74) is 1.43. The van der Waals surface area contributed by atoms with Gasteiger partial charge in [-0.1, -0.05) is 0 Å². The van der Waals surface area contributed by atoms with E-state index < -0.39 is 0 Å². The molecule has 0 aromatic carbocycles. The Morgan fingerprint density at radius 3 is 3.00 bits per heavy atom. The minimum Gasteiger partial charge on any atom is -0.375 e.